The van der Waals surface area contributed by atoms with Crippen LogP contribution in [0.1, 0.15) is 29.3 Å². The summed E-state index contributed by atoms with van der Waals surface area (Å²) in [6.45, 7) is 2.22. The predicted octanol–water partition coefficient (Wildman–Crippen LogP) is 2.88. The third-order valence-electron chi connectivity index (χ3n) is 4.99. The van der Waals surface area contributed by atoms with Gasteiger partial charge in [-0.05, 0) is 30.7 Å². The molecule has 1 atom stereocenters. The Bertz CT molecular complexity index is 1250. The standard InChI is InChI=1S/C21H19F2N9O/c1-12-16(10-28-31-12)19-17(23)11-27-20(30-19)25-4-5-26-21(33)32-18(2-3-29-32)14-6-13(9-24)7-15(22)8-14/h3,6-8,10-11,18H,2,4-5H2,1H3,(H,26,33)(H,28,31)(H,25,27,30)/t18-/m0/s1. The molecule has 1 aliphatic heterocycles. The average Bonchev–Trinajstić information content (AvgIpc) is 3.46. The van der Waals surface area contributed by atoms with Crippen LogP contribution in [0.2, 0.25) is 0 Å². The Morgan fingerprint density at radius 3 is 2.91 bits per heavy atom. The minimum absolute atomic E-state index is 0.115. The van der Waals surface area contributed by atoms with E-state index >= 15 is 0 Å². The van der Waals surface area contributed by atoms with Gasteiger partial charge in [0.15, 0.2) is 5.82 Å². The van der Waals surface area contributed by atoms with Crippen molar-refractivity contribution in [2.24, 2.45) is 5.10 Å². The number of hydrazone groups is 1. The van der Waals surface area contributed by atoms with Gasteiger partial charge in [0, 0.05) is 37.0 Å². The number of hydrogen-bond acceptors (Lipinski definition) is 7. The van der Waals surface area contributed by atoms with E-state index in [2.05, 4.69) is 35.9 Å². The van der Waals surface area contributed by atoms with Crippen molar-refractivity contribution in [3.8, 4) is 17.3 Å². The Balaban J connectivity index is 1.34. The largest absolute Gasteiger partial charge is 0.352 e. The molecule has 0 aliphatic carbocycles. The summed E-state index contributed by atoms with van der Waals surface area (Å²) in [5.74, 6) is -0.930. The number of aromatic amines is 1. The molecule has 168 valence electrons. The summed E-state index contributed by atoms with van der Waals surface area (Å²) in [7, 11) is 0. The summed E-state index contributed by atoms with van der Waals surface area (Å²) in [5.41, 5.74) is 1.97. The van der Waals surface area contributed by atoms with Gasteiger partial charge in [-0.3, -0.25) is 5.10 Å². The van der Waals surface area contributed by atoms with Gasteiger partial charge in [0.1, 0.15) is 11.5 Å². The van der Waals surface area contributed by atoms with E-state index in [1.807, 2.05) is 6.07 Å². The Hall–Kier alpha value is -4.40. The highest BCUT2D eigenvalue weighted by molar-refractivity contribution is 5.78. The Labute approximate surface area is 187 Å². The monoisotopic (exact) mass is 451 g/mol. The number of rotatable bonds is 6. The number of amides is 2. The second-order valence-electron chi connectivity index (χ2n) is 7.24. The van der Waals surface area contributed by atoms with Crippen LogP contribution in [0.4, 0.5) is 19.5 Å². The molecule has 0 fully saturated rings. The van der Waals surface area contributed by atoms with E-state index in [0.29, 0.717) is 23.2 Å². The van der Waals surface area contributed by atoms with Gasteiger partial charge in [0.05, 0.1) is 30.1 Å². The third kappa shape index (κ3) is 4.77. The molecule has 0 bridgehead atoms. The fourth-order valence-electron chi connectivity index (χ4n) is 3.41. The number of anilines is 1. The number of urea groups is 1. The molecule has 0 radical (unpaired) electrons. The quantitative estimate of drug-likeness (QED) is 0.493. The van der Waals surface area contributed by atoms with Crippen molar-refractivity contribution in [3.05, 3.63) is 59.0 Å². The Kier molecular flexibility index (Phi) is 6.21. The van der Waals surface area contributed by atoms with Gasteiger partial charge in [-0.2, -0.15) is 15.5 Å². The van der Waals surface area contributed by atoms with Gasteiger partial charge in [-0.25, -0.2) is 28.6 Å². The van der Waals surface area contributed by atoms with Gasteiger partial charge < -0.3 is 10.6 Å². The Morgan fingerprint density at radius 1 is 1.30 bits per heavy atom. The van der Waals surface area contributed by atoms with Gasteiger partial charge in [-0.15, -0.1) is 0 Å². The van der Waals surface area contributed by atoms with Crippen LogP contribution < -0.4 is 10.6 Å². The van der Waals surface area contributed by atoms with E-state index in [-0.39, 0.29) is 30.3 Å². The van der Waals surface area contributed by atoms with E-state index < -0.39 is 23.7 Å². The van der Waals surface area contributed by atoms with Crippen molar-refractivity contribution in [3.63, 3.8) is 0 Å². The van der Waals surface area contributed by atoms with Crippen LogP contribution >= 0.6 is 0 Å². The number of nitrogens with zero attached hydrogens (tertiary/aromatic N) is 6. The highest BCUT2D eigenvalue weighted by atomic mass is 19.1. The molecule has 0 unspecified atom stereocenters. The summed E-state index contributed by atoms with van der Waals surface area (Å²) >= 11 is 0. The lowest BCUT2D eigenvalue weighted by molar-refractivity contribution is 0.186. The number of carbonyl (C=O) groups excluding carboxylic acids is 1. The van der Waals surface area contributed by atoms with Crippen molar-refractivity contribution in [1.82, 2.24) is 30.5 Å². The number of hydrogen-bond donors (Lipinski definition) is 3. The molecule has 0 spiro atoms. The topological polar surface area (TPSA) is 135 Å². The van der Waals surface area contributed by atoms with Crippen LogP contribution in [0.15, 0.2) is 35.7 Å². The maximum atomic E-state index is 14.1. The smallest absolute Gasteiger partial charge is 0.338 e. The lowest BCUT2D eigenvalue weighted by atomic mass is 10.0. The number of aryl methyl sites for hydroxylation is 1. The lowest BCUT2D eigenvalue weighted by Gasteiger charge is -2.22. The molecule has 0 saturated heterocycles. The van der Waals surface area contributed by atoms with E-state index in [1.165, 1.54) is 23.3 Å². The molecule has 4 rings (SSSR count). The molecule has 3 aromatic rings. The molecule has 3 heterocycles. The third-order valence-corrected chi connectivity index (χ3v) is 4.99. The molecule has 3 N–H and O–H groups in total. The predicted molar refractivity (Wildman–Crippen MR) is 115 cm³/mol. The van der Waals surface area contributed by atoms with Crippen molar-refractivity contribution in [2.75, 3.05) is 18.4 Å². The number of aromatic nitrogens is 4. The van der Waals surface area contributed by atoms with Crippen LogP contribution in [0.5, 0.6) is 0 Å². The Morgan fingerprint density at radius 2 is 2.15 bits per heavy atom. The molecule has 2 amide bonds. The molecule has 12 heteroatoms. The van der Waals surface area contributed by atoms with Crippen molar-refractivity contribution in [1.29, 1.82) is 5.26 Å². The molecule has 33 heavy (non-hydrogen) atoms. The van der Waals surface area contributed by atoms with Gasteiger partial charge in [-0.1, -0.05) is 0 Å². The van der Waals surface area contributed by atoms with Crippen LogP contribution in [0.3, 0.4) is 0 Å². The van der Waals surface area contributed by atoms with E-state index in [4.69, 9.17) is 5.26 Å². The normalized spacial score (nSPS) is 14.8. The fourth-order valence-corrected chi connectivity index (χ4v) is 3.41. The number of carbonyl (C=O) groups is 1. The summed E-state index contributed by atoms with van der Waals surface area (Å²) in [5, 5.41) is 26.6. The van der Waals surface area contributed by atoms with Crippen LogP contribution in [-0.2, 0) is 0 Å². The summed E-state index contributed by atoms with van der Waals surface area (Å²) in [4.78, 5) is 20.7. The first-order valence-electron chi connectivity index (χ1n) is 10.0. The van der Waals surface area contributed by atoms with Gasteiger partial charge in [0.25, 0.3) is 0 Å². The fraction of sp³-hybridized carbons (Fsp3) is 0.238. The highest BCUT2D eigenvalue weighted by Crippen LogP contribution is 2.29. The van der Waals surface area contributed by atoms with Crippen LogP contribution in [0, 0.1) is 29.9 Å². The number of nitriles is 1. The molecule has 1 aromatic carbocycles. The zero-order valence-corrected chi connectivity index (χ0v) is 17.5. The van der Waals surface area contributed by atoms with Crippen LogP contribution in [-0.4, -0.2) is 50.5 Å². The second-order valence-corrected chi connectivity index (χ2v) is 7.24. The summed E-state index contributed by atoms with van der Waals surface area (Å²) in [6.07, 6.45) is 4.51. The zero-order chi connectivity index (χ0) is 23.4. The van der Waals surface area contributed by atoms with Crippen LogP contribution in [0.25, 0.3) is 11.3 Å². The first-order chi connectivity index (χ1) is 16.0. The van der Waals surface area contributed by atoms with E-state index in [9.17, 15) is 13.6 Å². The number of H-pyrrole nitrogens is 1. The molecule has 1 aliphatic rings. The first kappa shape index (κ1) is 21.8. The van der Waals surface area contributed by atoms with E-state index in [0.717, 1.165) is 12.3 Å². The minimum atomic E-state index is -0.576. The molecule has 0 saturated carbocycles. The minimum Gasteiger partial charge on any atom is -0.352 e. The SMILES string of the molecule is Cc1[nH]ncc1-c1nc(NCCNC(=O)N2N=CC[C@H]2c2cc(F)cc(C#N)c2)ncc1F. The molecule has 10 nitrogen and oxygen atoms in total. The average molecular weight is 451 g/mol. The summed E-state index contributed by atoms with van der Waals surface area (Å²) < 4.78 is 27.9. The van der Waals surface area contributed by atoms with Gasteiger partial charge >= 0.3 is 6.03 Å². The molecular weight excluding hydrogens is 432 g/mol. The molecule has 2 aromatic heterocycles. The summed E-state index contributed by atoms with van der Waals surface area (Å²) in [6, 6.07) is 4.87. The lowest BCUT2D eigenvalue weighted by Crippen LogP contribution is -2.39. The number of nitrogens with one attached hydrogen (secondary N) is 3. The van der Waals surface area contributed by atoms with Crippen molar-refractivity contribution < 1.29 is 13.6 Å². The second kappa shape index (κ2) is 9.39. The van der Waals surface area contributed by atoms with Crippen molar-refractivity contribution >= 4 is 18.2 Å². The first-order valence-corrected chi connectivity index (χ1v) is 10.0. The van der Waals surface area contributed by atoms with Crippen molar-refractivity contribution in [2.45, 2.75) is 19.4 Å². The number of benzene rings is 1. The zero-order valence-electron chi connectivity index (χ0n) is 17.5. The number of halogens is 2. The van der Waals surface area contributed by atoms with E-state index in [1.54, 1.807) is 13.1 Å². The maximum Gasteiger partial charge on any atom is 0.338 e. The maximum absolute atomic E-state index is 14.1. The molecular formula is C21H19F2N9O. The van der Waals surface area contributed by atoms with Gasteiger partial charge in [0.2, 0.25) is 5.95 Å². The highest BCUT2D eigenvalue weighted by Gasteiger charge is 2.28.